The Morgan fingerprint density at radius 2 is 2.40 bits per heavy atom. The summed E-state index contributed by atoms with van der Waals surface area (Å²) in [7, 11) is 1.75. The molecule has 2 rings (SSSR count). The number of methoxy groups -OCH3 is 1. The number of anilines is 1. The number of nitrogens with one attached hydrogen (secondary N) is 1. The van der Waals surface area contributed by atoms with Gasteiger partial charge < -0.3 is 10.1 Å². The largest absolute Gasteiger partial charge is 0.376 e. The van der Waals surface area contributed by atoms with Crippen LogP contribution < -0.4 is 5.32 Å². The Morgan fingerprint density at radius 1 is 1.67 bits per heavy atom. The Balaban J connectivity index is 2.07. The molecular formula is C11H15BrN2O. The fourth-order valence-electron chi connectivity index (χ4n) is 1.63. The molecule has 1 N–H and O–H groups in total. The van der Waals surface area contributed by atoms with E-state index in [0.717, 1.165) is 22.3 Å². The predicted octanol–water partition coefficient (Wildman–Crippen LogP) is 2.74. The second kappa shape index (κ2) is 3.76. The third kappa shape index (κ3) is 2.16. The molecule has 0 spiro atoms. The van der Waals surface area contributed by atoms with Crippen molar-refractivity contribution in [2.24, 2.45) is 0 Å². The SMILES string of the molecule is CO[C@@]1(C)C[C@H]1Nc1ncc(Br)cc1C. The maximum absolute atomic E-state index is 5.40. The van der Waals surface area contributed by atoms with Gasteiger partial charge in [0.15, 0.2) is 0 Å². The van der Waals surface area contributed by atoms with E-state index in [4.69, 9.17) is 4.74 Å². The monoisotopic (exact) mass is 270 g/mol. The molecule has 0 radical (unpaired) electrons. The van der Waals surface area contributed by atoms with Crippen LogP contribution in [0.5, 0.6) is 0 Å². The molecule has 3 nitrogen and oxygen atoms in total. The molecule has 82 valence electrons. The van der Waals surface area contributed by atoms with Crippen LogP contribution >= 0.6 is 15.9 Å². The number of rotatable bonds is 3. The Kier molecular flexibility index (Phi) is 2.73. The number of halogens is 1. The van der Waals surface area contributed by atoms with E-state index >= 15 is 0 Å². The van der Waals surface area contributed by atoms with Crippen LogP contribution in [0.1, 0.15) is 18.9 Å². The molecule has 0 aliphatic heterocycles. The molecule has 15 heavy (non-hydrogen) atoms. The van der Waals surface area contributed by atoms with E-state index in [9.17, 15) is 0 Å². The zero-order valence-electron chi connectivity index (χ0n) is 9.17. The first-order chi connectivity index (χ1) is 7.05. The van der Waals surface area contributed by atoms with E-state index in [1.807, 2.05) is 13.1 Å². The average Bonchev–Trinajstić information content (AvgIpc) is 2.83. The minimum atomic E-state index is -0.0127. The van der Waals surface area contributed by atoms with E-state index in [0.29, 0.717) is 6.04 Å². The third-order valence-corrected chi connectivity index (χ3v) is 3.44. The minimum absolute atomic E-state index is 0.0127. The van der Waals surface area contributed by atoms with Gasteiger partial charge in [0.25, 0.3) is 0 Å². The average molecular weight is 271 g/mol. The summed E-state index contributed by atoms with van der Waals surface area (Å²) in [4.78, 5) is 4.34. The molecule has 1 aliphatic carbocycles. The molecule has 1 fully saturated rings. The van der Waals surface area contributed by atoms with Gasteiger partial charge in [0.2, 0.25) is 0 Å². The number of ether oxygens (including phenoxy) is 1. The molecule has 1 aromatic heterocycles. The second-order valence-electron chi connectivity index (χ2n) is 4.24. The van der Waals surface area contributed by atoms with Crippen LogP contribution in [-0.4, -0.2) is 23.7 Å². The van der Waals surface area contributed by atoms with Crippen molar-refractivity contribution < 1.29 is 4.74 Å². The number of aryl methyl sites for hydroxylation is 1. The highest BCUT2D eigenvalue weighted by Gasteiger charge is 2.51. The van der Waals surface area contributed by atoms with Crippen molar-refractivity contribution in [2.75, 3.05) is 12.4 Å². The number of aromatic nitrogens is 1. The molecule has 0 amide bonds. The highest BCUT2D eigenvalue weighted by molar-refractivity contribution is 9.10. The van der Waals surface area contributed by atoms with E-state index in [1.165, 1.54) is 0 Å². The van der Waals surface area contributed by atoms with Gasteiger partial charge in [0.05, 0.1) is 11.6 Å². The van der Waals surface area contributed by atoms with Crippen LogP contribution in [-0.2, 0) is 4.74 Å². The van der Waals surface area contributed by atoms with Crippen molar-refractivity contribution in [1.82, 2.24) is 4.98 Å². The van der Waals surface area contributed by atoms with Gasteiger partial charge in [-0.2, -0.15) is 0 Å². The van der Waals surface area contributed by atoms with Gasteiger partial charge in [-0.15, -0.1) is 0 Å². The molecule has 0 aromatic carbocycles. The fraction of sp³-hybridized carbons (Fsp3) is 0.545. The first-order valence-corrected chi connectivity index (χ1v) is 5.78. The maximum atomic E-state index is 5.40. The summed E-state index contributed by atoms with van der Waals surface area (Å²) in [5.74, 6) is 0.948. The van der Waals surface area contributed by atoms with Crippen molar-refractivity contribution in [3.05, 3.63) is 22.3 Å². The minimum Gasteiger partial charge on any atom is -0.376 e. The molecule has 0 unspecified atom stereocenters. The fourth-order valence-corrected chi connectivity index (χ4v) is 2.08. The molecule has 4 heteroatoms. The summed E-state index contributed by atoms with van der Waals surface area (Å²) >= 11 is 3.40. The molecule has 1 aromatic rings. The van der Waals surface area contributed by atoms with Crippen LogP contribution in [0.25, 0.3) is 0 Å². The van der Waals surface area contributed by atoms with Crippen LogP contribution in [0.15, 0.2) is 16.7 Å². The smallest absolute Gasteiger partial charge is 0.129 e. The Labute approximate surface area is 98.4 Å². The summed E-state index contributed by atoms with van der Waals surface area (Å²) in [5.41, 5.74) is 1.14. The van der Waals surface area contributed by atoms with Crippen LogP contribution in [0.2, 0.25) is 0 Å². The number of hydrogen-bond acceptors (Lipinski definition) is 3. The van der Waals surface area contributed by atoms with Gasteiger partial charge in [-0.3, -0.25) is 0 Å². The van der Waals surface area contributed by atoms with Crippen molar-refractivity contribution in [3.8, 4) is 0 Å². The Morgan fingerprint density at radius 3 is 2.93 bits per heavy atom. The molecule has 2 atom stereocenters. The lowest BCUT2D eigenvalue weighted by Crippen LogP contribution is -2.19. The van der Waals surface area contributed by atoms with Gasteiger partial charge in [-0.1, -0.05) is 0 Å². The van der Waals surface area contributed by atoms with Crippen LogP contribution in [0, 0.1) is 6.92 Å². The topological polar surface area (TPSA) is 34.1 Å². The van der Waals surface area contributed by atoms with Crippen molar-refractivity contribution in [2.45, 2.75) is 31.9 Å². The molecule has 0 bridgehead atoms. The first-order valence-electron chi connectivity index (χ1n) is 4.99. The quantitative estimate of drug-likeness (QED) is 0.917. The lowest BCUT2D eigenvalue weighted by molar-refractivity contribution is 0.0936. The van der Waals surface area contributed by atoms with Gasteiger partial charge in [0, 0.05) is 24.2 Å². The normalized spacial score (nSPS) is 28.9. The molecule has 1 aliphatic rings. The molecular weight excluding hydrogens is 256 g/mol. The highest BCUT2D eigenvalue weighted by atomic mass is 79.9. The Hall–Kier alpha value is -0.610. The third-order valence-electron chi connectivity index (χ3n) is 3.01. The van der Waals surface area contributed by atoms with E-state index in [2.05, 4.69) is 39.2 Å². The van der Waals surface area contributed by atoms with Crippen molar-refractivity contribution in [3.63, 3.8) is 0 Å². The summed E-state index contributed by atoms with van der Waals surface area (Å²) < 4.78 is 6.41. The standard InChI is InChI=1S/C11H15BrN2O/c1-7-4-8(12)6-13-10(7)14-9-5-11(9,2)15-3/h4,6,9H,5H2,1-3H3,(H,13,14)/t9-,11+/m1/s1. The van der Waals surface area contributed by atoms with Crippen LogP contribution in [0.3, 0.4) is 0 Å². The van der Waals surface area contributed by atoms with E-state index in [-0.39, 0.29) is 5.60 Å². The first kappa shape index (κ1) is 10.9. The Bertz CT molecular complexity index is 383. The van der Waals surface area contributed by atoms with E-state index in [1.54, 1.807) is 7.11 Å². The van der Waals surface area contributed by atoms with Crippen LogP contribution in [0.4, 0.5) is 5.82 Å². The molecule has 1 heterocycles. The van der Waals surface area contributed by atoms with Gasteiger partial charge in [-0.05, 0) is 41.4 Å². The van der Waals surface area contributed by atoms with Crippen molar-refractivity contribution in [1.29, 1.82) is 0 Å². The lowest BCUT2D eigenvalue weighted by Gasteiger charge is -2.12. The molecule has 0 saturated heterocycles. The van der Waals surface area contributed by atoms with E-state index < -0.39 is 0 Å². The predicted molar refractivity (Wildman–Crippen MR) is 64.1 cm³/mol. The summed E-state index contributed by atoms with van der Waals surface area (Å²) in [6.07, 6.45) is 2.85. The number of hydrogen-bond donors (Lipinski definition) is 1. The molecule has 1 saturated carbocycles. The zero-order valence-corrected chi connectivity index (χ0v) is 10.8. The maximum Gasteiger partial charge on any atom is 0.129 e. The zero-order chi connectivity index (χ0) is 11.1. The highest BCUT2D eigenvalue weighted by Crippen LogP contribution is 2.41. The lowest BCUT2D eigenvalue weighted by atomic mass is 10.3. The second-order valence-corrected chi connectivity index (χ2v) is 5.15. The summed E-state index contributed by atoms with van der Waals surface area (Å²) in [6.45, 7) is 4.16. The number of nitrogens with zero attached hydrogens (tertiary/aromatic N) is 1. The van der Waals surface area contributed by atoms with Gasteiger partial charge in [-0.25, -0.2) is 4.98 Å². The number of pyridine rings is 1. The van der Waals surface area contributed by atoms with Gasteiger partial charge >= 0.3 is 0 Å². The van der Waals surface area contributed by atoms with Gasteiger partial charge in [0.1, 0.15) is 5.82 Å². The van der Waals surface area contributed by atoms with Crippen molar-refractivity contribution >= 4 is 21.7 Å². The summed E-state index contributed by atoms with van der Waals surface area (Å²) in [6, 6.07) is 2.44. The summed E-state index contributed by atoms with van der Waals surface area (Å²) in [5, 5.41) is 3.40.